The van der Waals surface area contributed by atoms with Crippen molar-refractivity contribution >= 4 is 23.6 Å². The molecule has 0 bridgehead atoms. The SMILES string of the molecule is CCCCC(=O)NCC(=O)NCCCCSc1ccc(CO)cc1. The molecule has 0 saturated heterocycles. The van der Waals surface area contributed by atoms with Crippen LogP contribution in [0, 0.1) is 0 Å². The second kappa shape index (κ2) is 12.8. The summed E-state index contributed by atoms with van der Waals surface area (Å²) in [6, 6.07) is 7.88. The summed E-state index contributed by atoms with van der Waals surface area (Å²) in [6.45, 7) is 2.80. The molecule has 3 N–H and O–H groups in total. The fraction of sp³-hybridized carbons (Fsp3) is 0.556. The van der Waals surface area contributed by atoms with Gasteiger partial charge in [-0.2, -0.15) is 0 Å². The Kier molecular flexibility index (Phi) is 11.0. The zero-order chi connectivity index (χ0) is 17.6. The van der Waals surface area contributed by atoms with Crippen LogP contribution in [0.25, 0.3) is 0 Å². The van der Waals surface area contributed by atoms with Gasteiger partial charge in [-0.05, 0) is 42.7 Å². The van der Waals surface area contributed by atoms with E-state index in [1.807, 2.05) is 31.2 Å². The summed E-state index contributed by atoms with van der Waals surface area (Å²) in [5.41, 5.74) is 0.920. The van der Waals surface area contributed by atoms with Gasteiger partial charge in [0.1, 0.15) is 0 Å². The molecule has 0 saturated carbocycles. The van der Waals surface area contributed by atoms with Crippen LogP contribution in [0.5, 0.6) is 0 Å². The lowest BCUT2D eigenvalue weighted by atomic mass is 10.2. The van der Waals surface area contributed by atoms with Crippen molar-refractivity contribution in [1.29, 1.82) is 0 Å². The van der Waals surface area contributed by atoms with Crippen molar-refractivity contribution in [3.05, 3.63) is 29.8 Å². The van der Waals surface area contributed by atoms with Crippen molar-refractivity contribution in [1.82, 2.24) is 10.6 Å². The highest BCUT2D eigenvalue weighted by Gasteiger charge is 2.04. The van der Waals surface area contributed by atoms with Crippen LogP contribution in [0.3, 0.4) is 0 Å². The Balaban J connectivity index is 2.00. The fourth-order valence-electron chi connectivity index (χ4n) is 2.00. The standard InChI is InChI=1S/C18H28N2O3S/c1-2-3-6-17(22)20-13-18(23)19-11-4-5-12-24-16-9-7-15(14-21)8-10-16/h7-10,21H,2-6,11-14H2,1H3,(H,19,23)(H,20,22). The lowest BCUT2D eigenvalue weighted by molar-refractivity contribution is -0.126. The maximum atomic E-state index is 11.6. The zero-order valence-electron chi connectivity index (χ0n) is 14.3. The maximum absolute atomic E-state index is 11.6. The molecular weight excluding hydrogens is 324 g/mol. The van der Waals surface area contributed by atoms with Gasteiger partial charge in [-0.1, -0.05) is 25.5 Å². The Labute approximate surface area is 148 Å². The van der Waals surface area contributed by atoms with Gasteiger partial charge in [0.2, 0.25) is 11.8 Å². The Bertz CT molecular complexity index is 492. The summed E-state index contributed by atoms with van der Waals surface area (Å²) in [7, 11) is 0. The Morgan fingerprint density at radius 2 is 1.79 bits per heavy atom. The van der Waals surface area contributed by atoms with Gasteiger partial charge in [-0.3, -0.25) is 9.59 Å². The number of benzene rings is 1. The van der Waals surface area contributed by atoms with E-state index >= 15 is 0 Å². The molecule has 1 rings (SSSR count). The van der Waals surface area contributed by atoms with E-state index in [1.165, 1.54) is 4.90 Å². The van der Waals surface area contributed by atoms with Crippen LogP contribution in [0.2, 0.25) is 0 Å². The number of amides is 2. The minimum atomic E-state index is -0.132. The molecule has 0 unspecified atom stereocenters. The largest absolute Gasteiger partial charge is 0.392 e. The first kappa shape index (κ1) is 20.5. The zero-order valence-corrected chi connectivity index (χ0v) is 15.2. The molecule has 0 aliphatic rings. The van der Waals surface area contributed by atoms with Crippen molar-refractivity contribution in [3.8, 4) is 0 Å². The molecule has 134 valence electrons. The molecule has 5 nitrogen and oxygen atoms in total. The van der Waals surface area contributed by atoms with Gasteiger partial charge in [0.25, 0.3) is 0 Å². The number of carbonyl (C=O) groups excluding carboxylic acids is 2. The van der Waals surface area contributed by atoms with E-state index in [0.29, 0.717) is 13.0 Å². The Morgan fingerprint density at radius 1 is 1.04 bits per heavy atom. The normalized spacial score (nSPS) is 10.4. The van der Waals surface area contributed by atoms with Gasteiger partial charge >= 0.3 is 0 Å². The number of unbranched alkanes of at least 4 members (excludes halogenated alkanes) is 2. The highest BCUT2D eigenvalue weighted by molar-refractivity contribution is 7.99. The molecule has 6 heteroatoms. The van der Waals surface area contributed by atoms with Crippen LogP contribution in [-0.4, -0.2) is 35.8 Å². The lowest BCUT2D eigenvalue weighted by Gasteiger charge is -2.07. The first-order valence-electron chi connectivity index (χ1n) is 8.51. The van der Waals surface area contributed by atoms with Gasteiger partial charge < -0.3 is 15.7 Å². The van der Waals surface area contributed by atoms with E-state index in [4.69, 9.17) is 5.11 Å². The van der Waals surface area contributed by atoms with Crippen molar-refractivity contribution < 1.29 is 14.7 Å². The summed E-state index contributed by atoms with van der Waals surface area (Å²) in [6.07, 6.45) is 4.24. The highest BCUT2D eigenvalue weighted by Crippen LogP contribution is 2.19. The third kappa shape index (κ3) is 9.57. The van der Waals surface area contributed by atoms with E-state index in [1.54, 1.807) is 11.8 Å². The molecular formula is C18H28N2O3S. The number of thioether (sulfide) groups is 1. The molecule has 0 spiro atoms. The number of hydrogen-bond donors (Lipinski definition) is 3. The monoisotopic (exact) mass is 352 g/mol. The third-order valence-corrected chi connectivity index (χ3v) is 4.57. The number of carbonyl (C=O) groups is 2. The second-order valence-corrected chi connectivity index (χ2v) is 6.76. The summed E-state index contributed by atoms with van der Waals surface area (Å²) < 4.78 is 0. The van der Waals surface area contributed by atoms with Gasteiger partial charge in [-0.25, -0.2) is 0 Å². The van der Waals surface area contributed by atoms with Crippen LogP contribution in [0.4, 0.5) is 0 Å². The molecule has 1 aromatic rings. The lowest BCUT2D eigenvalue weighted by Crippen LogP contribution is -2.37. The molecule has 0 aliphatic carbocycles. The topological polar surface area (TPSA) is 78.4 Å². The number of nitrogens with one attached hydrogen (secondary N) is 2. The van der Waals surface area contributed by atoms with Crippen LogP contribution in [0.1, 0.15) is 44.6 Å². The average molecular weight is 353 g/mol. The van der Waals surface area contributed by atoms with E-state index in [9.17, 15) is 9.59 Å². The Hall–Kier alpha value is -1.53. The second-order valence-electron chi connectivity index (χ2n) is 5.59. The van der Waals surface area contributed by atoms with Gasteiger partial charge in [-0.15, -0.1) is 11.8 Å². The smallest absolute Gasteiger partial charge is 0.239 e. The first-order valence-corrected chi connectivity index (χ1v) is 9.50. The molecule has 0 fully saturated rings. The van der Waals surface area contributed by atoms with Crippen LogP contribution >= 0.6 is 11.8 Å². The Morgan fingerprint density at radius 3 is 2.46 bits per heavy atom. The van der Waals surface area contributed by atoms with Crippen LogP contribution < -0.4 is 10.6 Å². The molecule has 0 aromatic heterocycles. The minimum Gasteiger partial charge on any atom is -0.392 e. The summed E-state index contributed by atoms with van der Waals surface area (Å²) in [5, 5.41) is 14.4. The predicted molar refractivity (Wildman–Crippen MR) is 97.9 cm³/mol. The average Bonchev–Trinajstić information content (AvgIpc) is 2.61. The van der Waals surface area contributed by atoms with Crippen LogP contribution in [-0.2, 0) is 16.2 Å². The number of rotatable bonds is 12. The van der Waals surface area contributed by atoms with Crippen molar-refractivity contribution in [2.24, 2.45) is 0 Å². The van der Waals surface area contributed by atoms with E-state index in [0.717, 1.165) is 37.0 Å². The molecule has 0 radical (unpaired) electrons. The quantitative estimate of drug-likeness (QED) is 0.399. The van der Waals surface area contributed by atoms with Gasteiger partial charge in [0, 0.05) is 17.9 Å². The maximum Gasteiger partial charge on any atom is 0.239 e. The minimum absolute atomic E-state index is 0.0596. The van der Waals surface area contributed by atoms with E-state index in [2.05, 4.69) is 10.6 Å². The van der Waals surface area contributed by atoms with E-state index < -0.39 is 0 Å². The van der Waals surface area contributed by atoms with Crippen molar-refractivity contribution in [2.75, 3.05) is 18.8 Å². The van der Waals surface area contributed by atoms with Crippen molar-refractivity contribution in [3.63, 3.8) is 0 Å². The van der Waals surface area contributed by atoms with Crippen molar-refractivity contribution in [2.45, 2.75) is 50.5 Å². The highest BCUT2D eigenvalue weighted by atomic mass is 32.2. The first-order chi connectivity index (χ1) is 11.7. The summed E-state index contributed by atoms with van der Waals surface area (Å²) in [5.74, 6) is 0.796. The molecule has 24 heavy (non-hydrogen) atoms. The van der Waals surface area contributed by atoms with Gasteiger partial charge in [0.05, 0.1) is 13.2 Å². The number of aliphatic hydroxyl groups is 1. The fourth-order valence-corrected chi connectivity index (χ4v) is 2.92. The number of hydrogen-bond acceptors (Lipinski definition) is 4. The predicted octanol–water partition coefficient (Wildman–Crippen LogP) is 2.47. The third-order valence-electron chi connectivity index (χ3n) is 3.47. The molecule has 0 atom stereocenters. The number of aliphatic hydroxyl groups excluding tert-OH is 1. The van der Waals surface area contributed by atoms with Crippen LogP contribution in [0.15, 0.2) is 29.2 Å². The van der Waals surface area contributed by atoms with Gasteiger partial charge in [0.15, 0.2) is 0 Å². The van der Waals surface area contributed by atoms with E-state index in [-0.39, 0.29) is 25.0 Å². The summed E-state index contributed by atoms with van der Waals surface area (Å²) >= 11 is 1.77. The molecule has 0 aliphatic heterocycles. The summed E-state index contributed by atoms with van der Waals surface area (Å²) in [4.78, 5) is 24.2. The molecule has 0 heterocycles. The molecule has 1 aromatic carbocycles. The molecule has 2 amide bonds.